The number of hydrogen-bond donors (Lipinski definition) is 2. The van der Waals surface area contributed by atoms with Crippen LogP contribution in [0.1, 0.15) is 78.1 Å². The molecule has 0 heterocycles. The van der Waals surface area contributed by atoms with E-state index in [2.05, 4.69) is 24.5 Å². The van der Waals surface area contributed by atoms with E-state index in [0.29, 0.717) is 11.8 Å². The molecule has 6 nitrogen and oxygen atoms in total. The Balaban J connectivity index is 2.11. The Kier molecular flexibility index (Phi) is 9.72. The normalized spacial score (nSPS) is 23.4. The Hall–Kier alpha value is -1.14. The fourth-order valence-electron chi connectivity index (χ4n) is 4.96. The Morgan fingerprint density at radius 3 is 1.29 bits per heavy atom. The van der Waals surface area contributed by atoms with Crippen LogP contribution in [-0.2, 0) is 19.1 Å². The zero-order chi connectivity index (χ0) is 20.5. The second kappa shape index (κ2) is 11.8. The van der Waals surface area contributed by atoms with Crippen LogP contribution in [0.3, 0.4) is 0 Å². The molecular weight excluding hydrogens is 356 g/mol. The first-order valence-corrected chi connectivity index (χ1v) is 11.2. The van der Waals surface area contributed by atoms with Gasteiger partial charge in [0.05, 0.1) is 14.2 Å². The molecule has 0 aromatic rings. The van der Waals surface area contributed by atoms with Crippen LogP contribution in [0.15, 0.2) is 0 Å². The molecule has 0 amide bonds. The summed E-state index contributed by atoms with van der Waals surface area (Å²) in [4.78, 5) is 25.2. The molecule has 28 heavy (non-hydrogen) atoms. The van der Waals surface area contributed by atoms with Crippen molar-refractivity contribution >= 4 is 11.9 Å². The van der Waals surface area contributed by atoms with Crippen LogP contribution in [-0.4, -0.2) is 50.3 Å². The lowest BCUT2D eigenvalue weighted by Crippen LogP contribution is -2.62. The highest BCUT2D eigenvalue weighted by molar-refractivity contribution is 5.87. The van der Waals surface area contributed by atoms with Crippen LogP contribution >= 0.6 is 0 Å². The van der Waals surface area contributed by atoms with Gasteiger partial charge in [-0.25, -0.2) is 0 Å². The van der Waals surface area contributed by atoms with E-state index in [1.54, 1.807) is 0 Å². The van der Waals surface area contributed by atoms with Gasteiger partial charge in [-0.3, -0.25) is 20.2 Å². The van der Waals surface area contributed by atoms with Crippen molar-refractivity contribution in [2.75, 3.05) is 14.2 Å². The fourth-order valence-corrected chi connectivity index (χ4v) is 4.96. The molecular formula is C22H40N2O4. The van der Waals surface area contributed by atoms with Gasteiger partial charge in [-0.2, -0.15) is 0 Å². The second-order valence-corrected chi connectivity index (χ2v) is 8.71. The summed E-state index contributed by atoms with van der Waals surface area (Å²) in [6.07, 6.45) is 12.2. The van der Waals surface area contributed by atoms with Crippen molar-refractivity contribution < 1.29 is 19.1 Å². The number of hydrogen-bond acceptors (Lipinski definition) is 6. The van der Waals surface area contributed by atoms with E-state index in [9.17, 15) is 9.59 Å². The lowest BCUT2D eigenvalue weighted by molar-refractivity contribution is -0.153. The molecule has 2 fully saturated rings. The topological polar surface area (TPSA) is 76.7 Å². The molecule has 6 heteroatoms. The summed E-state index contributed by atoms with van der Waals surface area (Å²) in [7, 11) is 2.75. The molecule has 4 atom stereocenters. The summed E-state index contributed by atoms with van der Waals surface area (Å²) in [6.45, 7) is 4.23. The standard InChI is InChI=1S/C22H40N2O4/c1-15(17-11-7-5-8-12-17)23-19(21(25)27-3)20(22(26)28-4)24-16(2)18-13-9-6-10-14-18/h15-20,23-24H,5-14H2,1-4H3. The maximum atomic E-state index is 12.6. The van der Waals surface area contributed by atoms with E-state index >= 15 is 0 Å². The molecule has 0 aromatic heterocycles. The molecule has 162 valence electrons. The average Bonchev–Trinajstić information content (AvgIpc) is 2.75. The predicted molar refractivity (Wildman–Crippen MR) is 110 cm³/mol. The summed E-state index contributed by atoms with van der Waals surface area (Å²) in [5, 5.41) is 6.85. The first-order chi connectivity index (χ1) is 13.5. The maximum Gasteiger partial charge on any atom is 0.325 e. The van der Waals surface area contributed by atoms with Gasteiger partial charge in [0.1, 0.15) is 12.1 Å². The van der Waals surface area contributed by atoms with Crippen molar-refractivity contribution in [1.82, 2.24) is 10.6 Å². The monoisotopic (exact) mass is 396 g/mol. The highest BCUT2D eigenvalue weighted by Gasteiger charge is 2.39. The molecule has 0 spiro atoms. The van der Waals surface area contributed by atoms with E-state index in [-0.39, 0.29) is 12.1 Å². The van der Waals surface area contributed by atoms with Crippen LogP contribution in [0, 0.1) is 11.8 Å². The third-order valence-electron chi connectivity index (χ3n) is 6.84. The summed E-state index contributed by atoms with van der Waals surface area (Å²) >= 11 is 0. The number of carbonyl (C=O) groups is 2. The van der Waals surface area contributed by atoms with E-state index in [1.165, 1.54) is 52.7 Å². The van der Waals surface area contributed by atoms with Crippen molar-refractivity contribution in [3.05, 3.63) is 0 Å². The van der Waals surface area contributed by atoms with Crippen molar-refractivity contribution in [2.45, 2.75) is 102 Å². The molecule has 0 aliphatic heterocycles. The van der Waals surface area contributed by atoms with Gasteiger partial charge in [0, 0.05) is 12.1 Å². The quantitative estimate of drug-likeness (QED) is 0.583. The van der Waals surface area contributed by atoms with Crippen LogP contribution in [0.4, 0.5) is 0 Å². The number of esters is 2. The van der Waals surface area contributed by atoms with Gasteiger partial charge in [-0.15, -0.1) is 0 Å². The predicted octanol–water partition coefficient (Wildman–Crippen LogP) is 3.19. The summed E-state index contributed by atoms with van der Waals surface area (Å²) in [5.41, 5.74) is 0. The minimum absolute atomic E-state index is 0.142. The number of nitrogens with one attached hydrogen (secondary N) is 2. The van der Waals surface area contributed by atoms with E-state index < -0.39 is 24.0 Å². The first-order valence-electron chi connectivity index (χ1n) is 11.2. The third kappa shape index (κ3) is 6.45. The van der Waals surface area contributed by atoms with E-state index in [4.69, 9.17) is 9.47 Å². The van der Waals surface area contributed by atoms with Gasteiger partial charge in [0.25, 0.3) is 0 Å². The van der Waals surface area contributed by atoms with E-state index in [1.807, 2.05) is 0 Å². The summed E-state index contributed by atoms with van der Waals surface area (Å²) in [6, 6.07) is -1.22. The average molecular weight is 397 g/mol. The van der Waals surface area contributed by atoms with Gasteiger partial charge in [0.2, 0.25) is 0 Å². The van der Waals surface area contributed by atoms with Crippen LogP contribution in [0.2, 0.25) is 0 Å². The summed E-state index contributed by atoms with van der Waals surface area (Å²) < 4.78 is 10.1. The number of ether oxygens (including phenoxy) is 2. The van der Waals surface area contributed by atoms with Crippen LogP contribution in [0.25, 0.3) is 0 Å². The molecule has 2 N–H and O–H groups in total. The SMILES string of the molecule is COC(=O)C(NC(C)C1CCCCC1)C(NC(C)C1CCCCC1)C(=O)OC. The van der Waals surface area contributed by atoms with Crippen molar-refractivity contribution in [3.8, 4) is 0 Å². The Morgan fingerprint density at radius 1 is 0.679 bits per heavy atom. The first kappa shape index (κ1) is 23.1. The third-order valence-corrected chi connectivity index (χ3v) is 6.84. The highest BCUT2D eigenvalue weighted by Crippen LogP contribution is 2.28. The molecule has 2 aliphatic rings. The Bertz CT molecular complexity index is 443. The molecule has 4 unspecified atom stereocenters. The lowest BCUT2D eigenvalue weighted by atomic mass is 9.83. The second-order valence-electron chi connectivity index (χ2n) is 8.71. The lowest BCUT2D eigenvalue weighted by Gasteiger charge is -2.36. The smallest absolute Gasteiger partial charge is 0.325 e. The molecule has 0 saturated heterocycles. The minimum Gasteiger partial charge on any atom is -0.468 e. The van der Waals surface area contributed by atoms with Gasteiger partial charge >= 0.3 is 11.9 Å². The zero-order valence-electron chi connectivity index (χ0n) is 18.2. The van der Waals surface area contributed by atoms with Crippen LogP contribution < -0.4 is 10.6 Å². The van der Waals surface area contributed by atoms with Gasteiger partial charge in [0.15, 0.2) is 0 Å². The van der Waals surface area contributed by atoms with Gasteiger partial charge in [-0.05, 0) is 51.4 Å². The zero-order valence-corrected chi connectivity index (χ0v) is 18.2. The number of rotatable bonds is 9. The maximum absolute atomic E-state index is 12.6. The summed E-state index contributed by atoms with van der Waals surface area (Å²) in [5.74, 6) is 0.216. The fraction of sp³-hybridized carbons (Fsp3) is 0.909. The van der Waals surface area contributed by atoms with Gasteiger partial charge in [-0.1, -0.05) is 38.5 Å². The Labute approximate surface area is 170 Å². The minimum atomic E-state index is -0.750. The van der Waals surface area contributed by atoms with E-state index in [0.717, 1.165) is 25.7 Å². The molecule has 2 aliphatic carbocycles. The number of methoxy groups -OCH3 is 2. The van der Waals surface area contributed by atoms with Crippen LogP contribution in [0.5, 0.6) is 0 Å². The Morgan fingerprint density at radius 2 is 1.00 bits per heavy atom. The largest absolute Gasteiger partial charge is 0.468 e. The van der Waals surface area contributed by atoms with Crippen molar-refractivity contribution in [1.29, 1.82) is 0 Å². The highest BCUT2D eigenvalue weighted by atomic mass is 16.5. The van der Waals surface area contributed by atoms with Gasteiger partial charge < -0.3 is 9.47 Å². The van der Waals surface area contributed by atoms with Crippen molar-refractivity contribution in [3.63, 3.8) is 0 Å². The molecule has 0 bridgehead atoms. The number of carbonyl (C=O) groups excluding carboxylic acids is 2. The molecule has 0 radical (unpaired) electrons. The molecule has 2 saturated carbocycles. The van der Waals surface area contributed by atoms with Crippen molar-refractivity contribution in [2.24, 2.45) is 11.8 Å². The molecule has 0 aromatic carbocycles. The molecule has 2 rings (SSSR count).